The van der Waals surface area contributed by atoms with Gasteiger partial charge in [-0.3, -0.25) is 4.79 Å². The number of oxazole rings is 1. The van der Waals surface area contributed by atoms with Gasteiger partial charge in [0, 0.05) is 5.57 Å². The summed E-state index contributed by atoms with van der Waals surface area (Å²) in [5.74, 6) is -0.568. The zero-order chi connectivity index (χ0) is 14.7. The highest BCUT2D eigenvalue weighted by molar-refractivity contribution is 5.90. The van der Waals surface area contributed by atoms with Gasteiger partial charge in [-0.2, -0.15) is 0 Å². The third-order valence-electron chi connectivity index (χ3n) is 3.05. The van der Waals surface area contributed by atoms with Gasteiger partial charge in [-0.1, -0.05) is 42.5 Å². The molecule has 4 nitrogen and oxygen atoms in total. The first-order valence-electron chi connectivity index (χ1n) is 6.56. The lowest BCUT2D eigenvalue weighted by Crippen LogP contribution is -1.97. The van der Waals surface area contributed by atoms with Gasteiger partial charge in [0.25, 0.3) is 0 Å². The maximum absolute atomic E-state index is 11.1. The van der Waals surface area contributed by atoms with Gasteiger partial charge in [0.15, 0.2) is 5.58 Å². The topological polar surface area (TPSA) is 63.3 Å². The number of carbonyl (C=O) groups is 1. The molecule has 0 atom stereocenters. The molecular formula is C17H13NO3. The molecule has 104 valence electrons. The lowest BCUT2D eigenvalue weighted by atomic mass is 10.1. The Bertz CT molecular complexity index is 770. The quantitative estimate of drug-likeness (QED) is 0.788. The summed E-state index contributed by atoms with van der Waals surface area (Å²) < 4.78 is 5.66. The van der Waals surface area contributed by atoms with Gasteiger partial charge in [0.1, 0.15) is 5.52 Å². The number of fused-ring (bicyclic) bond motifs is 1. The van der Waals surface area contributed by atoms with Crippen molar-refractivity contribution in [3.63, 3.8) is 0 Å². The molecule has 2 aromatic carbocycles. The Morgan fingerprint density at radius 3 is 2.52 bits per heavy atom. The summed E-state index contributed by atoms with van der Waals surface area (Å²) in [4.78, 5) is 15.4. The molecule has 1 heterocycles. The molecule has 0 bridgehead atoms. The Morgan fingerprint density at radius 2 is 1.81 bits per heavy atom. The number of carboxylic acids is 1. The summed E-state index contributed by atoms with van der Waals surface area (Å²) in [6.07, 6.45) is 1.65. The third kappa shape index (κ3) is 3.00. The van der Waals surface area contributed by atoms with Gasteiger partial charge in [0.05, 0.1) is 6.42 Å². The maximum atomic E-state index is 11.1. The Balaban J connectivity index is 2.06. The van der Waals surface area contributed by atoms with E-state index in [0.29, 0.717) is 17.0 Å². The average molecular weight is 279 g/mol. The molecule has 1 aromatic heterocycles. The predicted molar refractivity (Wildman–Crippen MR) is 80.6 cm³/mol. The molecule has 3 rings (SSSR count). The summed E-state index contributed by atoms with van der Waals surface area (Å²) in [7, 11) is 0. The molecule has 0 unspecified atom stereocenters. The van der Waals surface area contributed by atoms with Crippen LogP contribution in [-0.2, 0) is 4.79 Å². The van der Waals surface area contributed by atoms with Crippen LogP contribution in [0.5, 0.6) is 0 Å². The fraction of sp³-hybridized carbons (Fsp3) is 0.0588. The minimum absolute atomic E-state index is 0.137. The van der Waals surface area contributed by atoms with E-state index in [-0.39, 0.29) is 6.42 Å². The van der Waals surface area contributed by atoms with E-state index in [1.54, 1.807) is 6.08 Å². The molecule has 3 aromatic rings. The van der Waals surface area contributed by atoms with Gasteiger partial charge < -0.3 is 9.52 Å². The lowest BCUT2D eigenvalue weighted by molar-refractivity contribution is -0.135. The van der Waals surface area contributed by atoms with Crippen molar-refractivity contribution in [2.24, 2.45) is 0 Å². The number of carboxylic acid groups (broad SMARTS) is 1. The van der Waals surface area contributed by atoms with Crippen LogP contribution in [0, 0.1) is 0 Å². The second-order valence-corrected chi connectivity index (χ2v) is 4.64. The molecule has 0 amide bonds. The largest absolute Gasteiger partial charge is 0.481 e. The molecule has 0 aliphatic heterocycles. The van der Waals surface area contributed by atoms with Crippen LogP contribution in [0.1, 0.15) is 17.9 Å². The van der Waals surface area contributed by atoms with Crippen molar-refractivity contribution in [2.45, 2.75) is 6.42 Å². The summed E-state index contributed by atoms with van der Waals surface area (Å²) in [6, 6.07) is 16.9. The Hall–Kier alpha value is -2.88. The van der Waals surface area contributed by atoms with E-state index < -0.39 is 5.97 Å². The van der Waals surface area contributed by atoms with Crippen LogP contribution in [-0.4, -0.2) is 16.1 Å². The molecule has 0 saturated carbocycles. The van der Waals surface area contributed by atoms with Crippen LogP contribution >= 0.6 is 0 Å². The van der Waals surface area contributed by atoms with E-state index >= 15 is 0 Å². The smallest absolute Gasteiger partial charge is 0.308 e. The van der Waals surface area contributed by atoms with Crippen LogP contribution in [0.15, 0.2) is 59.0 Å². The van der Waals surface area contributed by atoms with E-state index in [1.165, 1.54) is 0 Å². The Kier molecular flexibility index (Phi) is 3.51. The first kappa shape index (κ1) is 13.1. The van der Waals surface area contributed by atoms with Gasteiger partial charge in [0.2, 0.25) is 5.89 Å². The molecule has 0 aliphatic rings. The number of hydrogen-bond acceptors (Lipinski definition) is 3. The molecule has 0 aliphatic carbocycles. The van der Waals surface area contributed by atoms with Crippen molar-refractivity contribution in [3.05, 3.63) is 66.1 Å². The van der Waals surface area contributed by atoms with Gasteiger partial charge in [-0.05, 0) is 23.8 Å². The second-order valence-electron chi connectivity index (χ2n) is 4.64. The molecule has 0 radical (unpaired) electrons. The first-order chi connectivity index (χ1) is 10.2. The summed E-state index contributed by atoms with van der Waals surface area (Å²) in [5, 5.41) is 9.09. The molecule has 1 N–H and O–H groups in total. The minimum Gasteiger partial charge on any atom is -0.481 e. The second kappa shape index (κ2) is 5.63. The first-order valence-corrected chi connectivity index (χ1v) is 6.56. The van der Waals surface area contributed by atoms with Crippen molar-refractivity contribution >= 4 is 28.7 Å². The predicted octanol–water partition coefficient (Wildman–Crippen LogP) is 3.84. The Morgan fingerprint density at radius 1 is 1.10 bits per heavy atom. The highest BCUT2D eigenvalue weighted by Gasteiger charge is 2.14. The minimum atomic E-state index is -0.917. The van der Waals surface area contributed by atoms with E-state index in [0.717, 1.165) is 11.1 Å². The van der Waals surface area contributed by atoms with Crippen molar-refractivity contribution in [3.8, 4) is 0 Å². The fourth-order valence-electron chi connectivity index (χ4n) is 2.11. The number of hydrogen-bond donors (Lipinski definition) is 1. The van der Waals surface area contributed by atoms with E-state index in [2.05, 4.69) is 4.98 Å². The number of aliphatic carboxylic acids is 1. The Labute approximate surface area is 121 Å². The van der Waals surface area contributed by atoms with Crippen molar-refractivity contribution in [1.82, 2.24) is 4.98 Å². The zero-order valence-electron chi connectivity index (χ0n) is 11.2. The molecule has 0 fully saturated rings. The number of benzene rings is 2. The van der Waals surface area contributed by atoms with Crippen LogP contribution in [0.25, 0.3) is 22.7 Å². The summed E-state index contributed by atoms with van der Waals surface area (Å²) >= 11 is 0. The average Bonchev–Trinajstić information content (AvgIpc) is 2.91. The van der Waals surface area contributed by atoms with E-state index in [4.69, 9.17) is 9.52 Å². The number of para-hydroxylation sites is 2. The highest BCUT2D eigenvalue weighted by atomic mass is 16.4. The van der Waals surface area contributed by atoms with Crippen LogP contribution in [0.2, 0.25) is 0 Å². The van der Waals surface area contributed by atoms with Gasteiger partial charge in [-0.15, -0.1) is 0 Å². The molecular weight excluding hydrogens is 266 g/mol. The van der Waals surface area contributed by atoms with Crippen LogP contribution < -0.4 is 0 Å². The molecule has 0 spiro atoms. The van der Waals surface area contributed by atoms with Crippen LogP contribution in [0.3, 0.4) is 0 Å². The fourth-order valence-corrected chi connectivity index (χ4v) is 2.11. The van der Waals surface area contributed by atoms with Gasteiger partial charge in [-0.25, -0.2) is 4.98 Å². The summed E-state index contributed by atoms with van der Waals surface area (Å²) in [6.45, 7) is 0. The molecule has 0 saturated heterocycles. The molecule has 4 heteroatoms. The normalized spacial score (nSPS) is 11.7. The number of rotatable bonds is 4. The SMILES string of the molecule is O=C(O)CC(=Cc1ccccc1)c1nc2ccccc2o1. The van der Waals surface area contributed by atoms with Crippen LogP contribution in [0.4, 0.5) is 0 Å². The zero-order valence-corrected chi connectivity index (χ0v) is 11.2. The lowest BCUT2D eigenvalue weighted by Gasteiger charge is -2.00. The van der Waals surface area contributed by atoms with Crippen molar-refractivity contribution in [2.75, 3.05) is 0 Å². The van der Waals surface area contributed by atoms with Crippen molar-refractivity contribution < 1.29 is 14.3 Å². The highest BCUT2D eigenvalue weighted by Crippen LogP contribution is 2.25. The maximum Gasteiger partial charge on any atom is 0.308 e. The van der Waals surface area contributed by atoms with Crippen molar-refractivity contribution in [1.29, 1.82) is 0 Å². The van der Waals surface area contributed by atoms with E-state index in [1.807, 2.05) is 54.6 Å². The van der Waals surface area contributed by atoms with E-state index in [9.17, 15) is 4.79 Å². The monoisotopic (exact) mass is 279 g/mol. The summed E-state index contributed by atoms with van der Waals surface area (Å²) in [5.41, 5.74) is 2.83. The third-order valence-corrected chi connectivity index (χ3v) is 3.05. The molecule has 21 heavy (non-hydrogen) atoms. The number of nitrogens with zero attached hydrogens (tertiary/aromatic N) is 1. The number of aromatic nitrogens is 1. The standard InChI is InChI=1S/C17H13NO3/c19-16(20)11-13(10-12-6-2-1-3-7-12)17-18-14-8-4-5-9-15(14)21-17/h1-10H,11H2,(H,19,20). The van der Waals surface area contributed by atoms with Gasteiger partial charge >= 0.3 is 5.97 Å².